The molecule has 174 valence electrons. The van der Waals surface area contributed by atoms with Crippen LogP contribution >= 0.6 is 0 Å². The third-order valence-corrected chi connectivity index (χ3v) is 6.51. The molecule has 0 saturated carbocycles. The molecule has 0 spiro atoms. The van der Waals surface area contributed by atoms with Crippen LogP contribution in [0.15, 0.2) is 48.5 Å². The Hall–Kier alpha value is -3.04. The lowest BCUT2D eigenvalue weighted by Gasteiger charge is -2.40. The van der Waals surface area contributed by atoms with Crippen LogP contribution in [0, 0.1) is 5.82 Å². The van der Waals surface area contributed by atoms with Gasteiger partial charge >= 0.3 is 0 Å². The molecule has 5 rings (SSSR count). The Bertz CT molecular complexity index is 1050. The van der Waals surface area contributed by atoms with Gasteiger partial charge in [0.25, 0.3) is 0 Å². The van der Waals surface area contributed by atoms with Crippen LogP contribution in [0.5, 0.6) is 5.75 Å². The molecule has 0 N–H and O–H groups in total. The third-order valence-electron chi connectivity index (χ3n) is 6.51. The summed E-state index contributed by atoms with van der Waals surface area (Å²) in [5.41, 5.74) is 1.75. The minimum atomic E-state index is -0.182. The van der Waals surface area contributed by atoms with Gasteiger partial charge in [0, 0.05) is 32.8 Å². The molecule has 2 aliphatic rings. The Balaban J connectivity index is 1.40. The van der Waals surface area contributed by atoms with Crippen molar-refractivity contribution < 1.29 is 13.9 Å². The number of anilines is 1. The lowest BCUT2D eigenvalue weighted by molar-refractivity contribution is 0.0906. The van der Waals surface area contributed by atoms with Crippen molar-refractivity contribution in [1.29, 1.82) is 0 Å². The van der Waals surface area contributed by atoms with Gasteiger partial charge in [0.2, 0.25) is 0 Å². The van der Waals surface area contributed by atoms with Crippen molar-refractivity contribution in [2.45, 2.75) is 31.5 Å². The fourth-order valence-corrected chi connectivity index (χ4v) is 4.76. The van der Waals surface area contributed by atoms with Crippen molar-refractivity contribution >= 4 is 5.69 Å². The minimum absolute atomic E-state index is 0.116. The highest BCUT2D eigenvalue weighted by atomic mass is 19.1. The van der Waals surface area contributed by atoms with E-state index in [4.69, 9.17) is 9.47 Å². The second kappa shape index (κ2) is 9.84. The van der Waals surface area contributed by atoms with Gasteiger partial charge in [-0.2, -0.15) is 0 Å². The summed E-state index contributed by atoms with van der Waals surface area (Å²) in [6.07, 6.45) is 2.23. The van der Waals surface area contributed by atoms with E-state index in [0.29, 0.717) is 12.2 Å². The smallest absolute Gasteiger partial charge is 0.173 e. The van der Waals surface area contributed by atoms with E-state index in [0.717, 1.165) is 62.8 Å². The van der Waals surface area contributed by atoms with Gasteiger partial charge in [-0.25, -0.2) is 9.07 Å². The number of piperazine rings is 1. The number of tetrazole rings is 1. The largest absolute Gasteiger partial charge is 0.497 e. The third kappa shape index (κ3) is 4.69. The first-order valence-corrected chi connectivity index (χ1v) is 11.5. The van der Waals surface area contributed by atoms with Gasteiger partial charge in [-0.15, -0.1) is 5.10 Å². The van der Waals surface area contributed by atoms with Crippen LogP contribution in [-0.4, -0.2) is 71.1 Å². The number of para-hydroxylation sites is 1. The van der Waals surface area contributed by atoms with Crippen molar-refractivity contribution in [3.8, 4) is 5.75 Å². The number of benzene rings is 2. The molecule has 1 aromatic heterocycles. The van der Waals surface area contributed by atoms with E-state index in [1.807, 2.05) is 28.9 Å². The van der Waals surface area contributed by atoms with E-state index in [-0.39, 0.29) is 18.0 Å². The van der Waals surface area contributed by atoms with Crippen LogP contribution in [-0.2, 0) is 11.3 Å². The molecule has 0 bridgehead atoms. The molecule has 9 heteroatoms. The summed E-state index contributed by atoms with van der Waals surface area (Å²) in [5.74, 6) is 1.42. The van der Waals surface area contributed by atoms with E-state index in [9.17, 15) is 4.39 Å². The molecule has 2 atom stereocenters. The number of nitrogens with zero attached hydrogens (tertiary/aromatic N) is 6. The van der Waals surface area contributed by atoms with Crippen LogP contribution in [0.2, 0.25) is 0 Å². The molecule has 3 heterocycles. The number of methoxy groups -OCH3 is 1. The molecule has 3 aromatic rings. The standard InChI is InChI=1S/C24H29FN6O2/c1-32-19-10-8-18(9-11-19)23(24-26-27-28-31(24)17-20-5-4-16-33-20)30-14-12-29(13-15-30)22-7-3-2-6-21(22)25/h2-3,6-11,20,23H,4-5,12-17H2,1H3/t20-,23-/m0/s1. The first-order valence-electron chi connectivity index (χ1n) is 11.5. The zero-order valence-electron chi connectivity index (χ0n) is 18.8. The molecule has 2 aromatic carbocycles. The summed E-state index contributed by atoms with van der Waals surface area (Å²) < 4.78 is 27.4. The predicted octanol–water partition coefficient (Wildman–Crippen LogP) is 2.91. The molecule has 2 aliphatic heterocycles. The van der Waals surface area contributed by atoms with Crippen molar-refractivity contribution in [3.05, 3.63) is 65.7 Å². The van der Waals surface area contributed by atoms with Crippen molar-refractivity contribution in [1.82, 2.24) is 25.1 Å². The average molecular weight is 453 g/mol. The highest BCUT2D eigenvalue weighted by molar-refractivity contribution is 5.48. The fraction of sp³-hybridized carbons (Fsp3) is 0.458. The molecule has 0 amide bonds. The molecule has 8 nitrogen and oxygen atoms in total. The SMILES string of the molecule is COc1ccc([C@@H](c2nnnn2C[C@@H]2CCCO2)N2CCN(c3ccccc3F)CC2)cc1. The fourth-order valence-electron chi connectivity index (χ4n) is 4.76. The maximum atomic E-state index is 14.3. The van der Waals surface area contributed by atoms with Crippen LogP contribution in [0.4, 0.5) is 10.1 Å². The van der Waals surface area contributed by atoms with Crippen LogP contribution in [0.3, 0.4) is 0 Å². The second-order valence-electron chi connectivity index (χ2n) is 8.50. The molecule has 2 fully saturated rings. The Morgan fingerprint density at radius 1 is 1.09 bits per heavy atom. The van der Waals surface area contributed by atoms with Crippen LogP contribution in [0.1, 0.15) is 30.3 Å². The lowest BCUT2D eigenvalue weighted by Crippen LogP contribution is -2.48. The molecule has 2 saturated heterocycles. The van der Waals surface area contributed by atoms with E-state index in [1.54, 1.807) is 13.2 Å². The van der Waals surface area contributed by atoms with E-state index in [2.05, 4.69) is 37.5 Å². The van der Waals surface area contributed by atoms with E-state index < -0.39 is 0 Å². The Morgan fingerprint density at radius 2 is 1.88 bits per heavy atom. The second-order valence-corrected chi connectivity index (χ2v) is 8.50. The quantitative estimate of drug-likeness (QED) is 0.546. The summed E-state index contributed by atoms with van der Waals surface area (Å²) in [4.78, 5) is 4.48. The zero-order chi connectivity index (χ0) is 22.6. The molecule has 0 radical (unpaired) electrons. The predicted molar refractivity (Wildman–Crippen MR) is 122 cm³/mol. The average Bonchev–Trinajstić information content (AvgIpc) is 3.54. The number of aromatic nitrogens is 4. The first-order chi connectivity index (χ1) is 16.2. The highest BCUT2D eigenvalue weighted by Gasteiger charge is 2.32. The Kier molecular flexibility index (Phi) is 6.50. The Morgan fingerprint density at radius 3 is 2.58 bits per heavy atom. The van der Waals surface area contributed by atoms with E-state index >= 15 is 0 Å². The number of ether oxygens (including phenoxy) is 2. The molecule has 33 heavy (non-hydrogen) atoms. The number of rotatable bonds is 7. The maximum Gasteiger partial charge on any atom is 0.173 e. The molecular formula is C24H29FN6O2. The normalized spacial score (nSPS) is 20.2. The lowest BCUT2D eigenvalue weighted by atomic mass is 10.0. The topological polar surface area (TPSA) is 68.5 Å². The number of halogens is 1. The zero-order valence-corrected chi connectivity index (χ0v) is 18.8. The first kappa shape index (κ1) is 21.8. The summed E-state index contributed by atoms with van der Waals surface area (Å²) in [6, 6.07) is 14.9. The van der Waals surface area contributed by atoms with Crippen molar-refractivity contribution in [3.63, 3.8) is 0 Å². The summed E-state index contributed by atoms with van der Waals surface area (Å²) >= 11 is 0. The number of hydrogen-bond acceptors (Lipinski definition) is 7. The summed E-state index contributed by atoms with van der Waals surface area (Å²) in [6.45, 7) is 4.41. The van der Waals surface area contributed by atoms with Gasteiger partial charge in [0.1, 0.15) is 11.6 Å². The van der Waals surface area contributed by atoms with Gasteiger partial charge < -0.3 is 14.4 Å². The van der Waals surface area contributed by atoms with Crippen LogP contribution in [0.25, 0.3) is 0 Å². The van der Waals surface area contributed by atoms with Gasteiger partial charge in [0.05, 0.1) is 31.5 Å². The van der Waals surface area contributed by atoms with Gasteiger partial charge in [-0.05, 0) is 53.1 Å². The van der Waals surface area contributed by atoms with Gasteiger partial charge in [0.15, 0.2) is 5.82 Å². The monoisotopic (exact) mass is 452 g/mol. The summed E-state index contributed by atoms with van der Waals surface area (Å²) in [7, 11) is 1.66. The molecule has 0 unspecified atom stereocenters. The van der Waals surface area contributed by atoms with E-state index in [1.165, 1.54) is 6.07 Å². The van der Waals surface area contributed by atoms with Gasteiger partial charge in [-0.1, -0.05) is 24.3 Å². The van der Waals surface area contributed by atoms with Crippen molar-refractivity contribution in [2.24, 2.45) is 0 Å². The molecular weight excluding hydrogens is 423 g/mol. The highest BCUT2D eigenvalue weighted by Crippen LogP contribution is 2.31. The minimum Gasteiger partial charge on any atom is -0.497 e. The summed E-state index contributed by atoms with van der Waals surface area (Å²) in [5, 5.41) is 12.7. The molecule has 0 aliphatic carbocycles. The number of hydrogen-bond donors (Lipinski definition) is 0. The Labute approximate surface area is 192 Å². The van der Waals surface area contributed by atoms with Gasteiger partial charge in [-0.3, -0.25) is 4.90 Å². The van der Waals surface area contributed by atoms with Crippen LogP contribution < -0.4 is 9.64 Å². The van der Waals surface area contributed by atoms with Crippen molar-refractivity contribution in [2.75, 3.05) is 44.8 Å². The maximum absolute atomic E-state index is 14.3.